The molecule has 1 amide bonds. The van der Waals surface area contributed by atoms with Crippen molar-refractivity contribution in [3.8, 4) is 5.75 Å². The van der Waals surface area contributed by atoms with E-state index in [-0.39, 0.29) is 29.2 Å². The predicted octanol–water partition coefficient (Wildman–Crippen LogP) is 2.37. The largest absolute Gasteiger partial charge is 0.483 e. The maximum Gasteiger partial charge on any atom is 0.274 e. The van der Waals surface area contributed by atoms with E-state index in [1.165, 1.54) is 6.07 Å². The molecule has 0 saturated carbocycles. The molecule has 2 bridgehead atoms. The van der Waals surface area contributed by atoms with Crippen LogP contribution in [-0.4, -0.2) is 33.6 Å². The average molecular weight is 380 g/mol. The molecule has 6 heteroatoms. The van der Waals surface area contributed by atoms with Gasteiger partial charge in [0.2, 0.25) is 5.43 Å². The van der Waals surface area contributed by atoms with Gasteiger partial charge in [0.15, 0.2) is 11.4 Å². The zero-order chi connectivity index (χ0) is 19.5. The first-order chi connectivity index (χ1) is 13.4. The Kier molecular flexibility index (Phi) is 3.72. The highest BCUT2D eigenvalue weighted by Gasteiger charge is 2.55. The summed E-state index contributed by atoms with van der Waals surface area (Å²) < 4.78 is 7.87. The van der Waals surface area contributed by atoms with Crippen molar-refractivity contribution in [3.05, 3.63) is 63.6 Å². The Bertz CT molecular complexity index is 1010. The van der Waals surface area contributed by atoms with Crippen molar-refractivity contribution in [2.75, 3.05) is 13.1 Å². The lowest BCUT2D eigenvalue weighted by Crippen LogP contribution is -2.52. The topological polar surface area (TPSA) is 71.8 Å². The molecule has 1 N–H and O–H groups in total. The summed E-state index contributed by atoms with van der Waals surface area (Å²) in [5, 5.41) is 11.1. The van der Waals surface area contributed by atoms with E-state index in [1.54, 1.807) is 6.92 Å². The summed E-state index contributed by atoms with van der Waals surface area (Å²) in [6.45, 7) is 3.23. The van der Waals surface area contributed by atoms with Gasteiger partial charge in [0.25, 0.3) is 5.91 Å². The molecular formula is C22H24N2O4. The minimum Gasteiger partial charge on any atom is -0.483 e. The number of pyridine rings is 1. The maximum atomic E-state index is 13.3. The minimum atomic E-state index is -1.13. The molecule has 0 unspecified atom stereocenters. The normalized spacial score (nSPS) is 28.1. The summed E-state index contributed by atoms with van der Waals surface area (Å²) in [5.74, 6) is -0.0662. The van der Waals surface area contributed by atoms with E-state index >= 15 is 0 Å². The second-order valence-electron chi connectivity index (χ2n) is 8.54. The number of hydrogen-bond donors (Lipinski definition) is 1. The lowest BCUT2D eigenvalue weighted by molar-refractivity contribution is 0.0257. The highest BCUT2D eigenvalue weighted by molar-refractivity contribution is 5.96. The first kappa shape index (κ1) is 17.5. The summed E-state index contributed by atoms with van der Waals surface area (Å²) >= 11 is 0. The Labute approximate surface area is 163 Å². The Morgan fingerprint density at radius 2 is 1.96 bits per heavy atom. The quantitative estimate of drug-likeness (QED) is 0.887. The number of ether oxygens (including phenoxy) is 1. The lowest BCUT2D eigenvalue weighted by atomic mass is 9.84. The second-order valence-corrected chi connectivity index (χ2v) is 8.54. The van der Waals surface area contributed by atoms with E-state index in [9.17, 15) is 14.7 Å². The Morgan fingerprint density at radius 3 is 2.75 bits per heavy atom. The third kappa shape index (κ3) is 2.44. The lowest BCUT2D eigenvalue weighted by Gasteiger charge is -2.41. The van der Waals surface area contributed by atoms with Gasteiger partial charge in [-0.3, -0.25) is 9.59 Å². The molecule has 4 heterocycles. The van der Waals surface area contributed by atoms with Gasteiger partial charge in [-0.25, -0.2) is 0 Å². The average Bonchev–Trinajstić information content (AvgIpc) is 2.80. The molecule has 1 spiro atoms. The highest BCUT2D eigenvalue weighted by Crippen LogP contribution is 2.50. The number of amides is 1. The zero-order valence-electron chi connectivity index (χ0n) is 16.0. The van der Waals surface area contributed by atoms with Crippen molar-refractivity contribution in [1.29, 1.82) is 0 Å². The number of fused-ring (bicyclic) bond motifs is 1. The zero-order valence-corrected chi connectivity index (χ0v) is 16.0. The second kappa shape index (κ2) is 5.95. The van der Waals surface area contributed by atoms with Crippen LogP contribution in [0.5, 0.6) is 5.75 Å². The van der Waals surface area contributed by atoms with Crippen LogP contribution in [0.4, 0.5) is 0 Å². The molecule has 3 aliphatic rings. The fourth-order valence-electron chi connectivity index (χ4n) is 5.27. The molecule has 0 radical (unpaired) electrons. The van der Waals surface area contributed by atoms with Crippen molar-refractivity contribution < 1.29 is 14.6 Å². The van der Waals surface area contributed by atoms with Crippen LogP contribution in [0.25, 0.3) is 0 Å². The van der Waals surface area contributed by atoms with Crippen molar-refractivity contribution in [2.24, 2.45) is 0 Å². The van der Waals surface area contributed by atoms with Crippen LogP contribution in [0, 0.1) is 0 Å². The summed E-state index contributed by atoms with van der Waals surface area (Å²) in [7, 11) is 0. The SMILES string of the molecule is C[C@]1(O)C[C@@]23CCCCN(C2)C(=O)c2c(OCc4ccccc4)c(=O)cc1n23. The molecule has 3 aliphatic heterocycles. The summed E-state index contributed by atoms with van der Waals surface area (Å²) in [5.41, 5.74) is -0.0623. The van der Waals surface area contributed by atoms with E-state index in [0.717, 1.165) is 24.8 Å². The van der Waals surface area contributed by atoms with Gasteiger partial charge in [0, 0.05) is 25.6 Å². The molecule has 2 aromatic rings. The number of carbonyl (C=O) groups is 1. The number of carbonyl (C=O) groups excluding carboxylic acids is 1. The van der Waals surface area contributed by atoms with Gasteiger partial charge in [0.1, 0.15) is 12.2 Å². The molecule has 6 nitrogen and oxygen atoms in total. The molecule has 146 valence electrons. The highest BCUT2D eigenvalue weighted by atomic mass is 16.5. The van der Waals surface area contributed by atoms with Crippen LogP contribution in [0.3, 0.4) is 0 Å². The van der Waals surface area contributed by atoms with E-state index in [4.69, 9.17) is 4.74 Å². The molecular weight excluding hydrogens is 356 g/mol. The van der Waals surface area contributed by atoms with Crippen molar-refractivity contribution >= 4 is 5.91 Å². The number of benzene rings is 1. The molecule has 2 atom stereocenters. The molecule has 1 saturated heterocycles. The van der Waals surface area contributed by atoms with E-state index in [1.807, 2.05) is 39.8 Å². The third-order valence-electron chi connectivity index (χ3n) is 6.39. The molecule has 5 rings (SSSR count). The fraction of sp³-hybridized carbons (Fsp3) is 0.455. The number of nitrogens with zero attached hydrogens (tertiary/aromatic N) is 2. The maximum absolute atomic E-state index is 13.3. The number of aromatic nitrogens is 1. The Hall–Kier alpha value is -2.60. The standard InChI is InChI=1S/C22H24N2O4/c1-21(27)13-22-9-5-6-10-23(14-22)20(26)18-19(16(25)11-17(21)24(18)22)28-12-15-7-3-2-4-8-15/h2-4,7-8,11,27H,5-6,9-10,12-14H2,1H3/t21-,22-/m0/s1. The van der Waals surface area contributed by atoms with Crippen LogP contribution >= 0.6 is 0 Å². The summed E-state index contributed by atoms with van der Waals surface area (Å²) in [6, 6.07) is 11.1. The third-order valence-corrected chi connectivity index (χ3v) is 6.39. The minimum absolute atomic E-state index is 0.103. The molecule has 1 aromatic carbocycles. The van der Waals surface area contributed by atoms with Crippen LogP contribution in [-0.2, 0) is 17.7 Å². The monoisotopic (exact) mass is 380 g/mol. The van der Waals surface area contributed by atoms with Gasteiger partial charge in [-0.2, -0.15) is 0 Å². The summed E-state index contributed by atoms with van der Waals surface area (Å²) in [6.07, 6.45) is 3.32. The van der Waals surface area contributed by atoms with Gasteiger partial charge in [-0.1, -0.05) is 30.3 Å². The van der Waals surface area contributed by atoms with Crippen LogP contribution in [0.1, 0.15) is 54.4 Å². The smallest absolute Gasteiger partial charge is 0.274 e. The van der Waals surface area contributed by atoms with Gasteiger partial charge in [0.05, 0.1) is 11.2 Å². The number of hydrogen-bond acceptors (Lipinski definition) is 4. The first-order valence-electron chi connectivity index (χ1n) is 9.91. The van der Waals surface area contributed by atoms with E-state index in [2.05, 4.69) is 0 Å². The van der Waals surface area contributed by atoms with Crippen molar-refractivity contribution in [1.82, 2.24) is 9.47 Å². The molecule has 1 fully saturated rings. The van der Waals surface area contributed by atoms with Gasteiger partial charge < -0.3 is 19.3 Å². The number of aliphatic hydroxyl groups is 1. The van der Waals surface area contributed by atoms with Crippen LogP contribution in [0.2, 0.25) is 0 Å². The van der Waals surface area contributed by atoms with Gasteiger partial charge in [-0.05, 0) is 31.7 Å². The Balaban J connectivity index is 1.69. The molecule has 1 aromatic heterocycles. The summed E-state index contributed by atoms with van der Waals surface area (Å²) in [4.78, 5) is 28.1. The molecule has 0 aliphatic carbocycles. The Morgan fingerprint density at radius 1 is 1.18 bits per heavy atom. The van der Waals surface area contributed by atoms with Crippen molar-refractivity contribution in [2.45, 2.75) is 50.4 Å². The van der Waals surface area contributed by atoms with Crippen LogP contribution in [0.15, 0.2) is 41.2 Å². The first-order valence-corrected chi connectivity index (χ1v) is 9.91. The number of rotatable bonds is 3. The van der Waals surface area contributed by atoms with Crippen molar-refractivity contribution in [3.63, 3.8) is 0 Å². The predicted molar refractivity (Wildman–Crippen MR) is 103 cm³/mol. The fourth-order valence-corrected chi connectivity index (χ4v) is 5.27. The van der Waals surface area contributed by atoms with Gasteiger partial charge in [-0.15, -0.1) is 0 Å². The van der Waals surface area contributed by atoms with Crippen LogP contribution < -0.4 is 10.2 Å². The molecule has 28 heavy (non-hydrogen) atoms. The van der Waals surface area contributed by atoms with Gasteiger partial charge >= 0.3 is 0 Å². The van der Waals surface area contributed by atoms with E-state index < -0.39 is 5.60 Å². The van der Waals surface area contributed by atoms with E-state index in [0.29, 0.717) is 30.9 Å².